The predicted octanol–water partition coefficient (Wildman–Crippen LogP) is 3.11. The standard InChI is InChI=1S/C22H28N4O5S2/c1-3-12-26(13-4-2)33(30,31)15-10-8-14(9-11-15)19(27)24-21-18(20(28)25-22(23)29)16-6-5-7-17(16)32-21/h8-11H,3-7,12-13H2,1-2H3,(H,24,27)(H3,23,25,28,29). The zero-order valence-corrected chi connectivity index (χ0v) is 20.3. The minimum Gasteiger partial charge on any atom is -0.351 e. The number of fused-ring (bicyclic) bond motifs is 1. The van der Waals surface area contributed by atoms with Crippen molar-refractivity contribution in [2.75, 3.05) is 18.4 Å². The van der Waals surface area contributed by atoms with Crippen molar-refractivity contribution in [3.05, 3.63) is 45.8 Å². The lowest BCUT2D eigenvalue weighted by atomic mass is 10.1. The van der Waals surface area contributed by atoms with Crippen molar-refractivity contribution in [3.8, 4) is 0 Å². The molecule has 11 heteroatoms. The number of hydrogen-bond donors (Lipinski definition) is 3. The highest BCUT2D eigenvalue weighted by molar-refractivity contribution is 7.89. The number of imide groups is 1. The lowest BCUT2D eigenvalue weighted by Crippen LogP contribution is -2.35. The van der Waals surface area contributed by atoms with E-state index in [4.69, 9.17) is 5.73 Å². The van der Waals surface area contributed by atoms with E-state index in [2.05, 4.69) is 10.6 Å². The molecule has 4 N–H and O–H groups in total. The van der Waals surface area contributed by atoms with Crippen LogP contribution in [0.25, 0.3) is 0 Å². The molecule has 1 aliphatic carbocycles. The molecule has 33 heavy (non-hydrogen) atoms. The summed E-state index contributed by atoms with van der Waals surface area (Å²) in [4.78, 5) is 37.6. The molecule has 1 aromatic heterocycles. The summed E-state index contributed by atoms with van der Waals surface area (Å²) in [5, 5.41) is 5.15. The summed E-state index contributed by atoms with van der Waals surface area (Å²) in [5.74, 6) is -1.13. The molecule has 0 unspecified atom stereocenters. The van der Waals surface area contributed by atoms with Gasteiger partial charge in [-0.1, -0.05) is 13.8 Å². The molecule has 4 amide bonds. The van der Waals surface area contributed by atoms with Crippen LogP contribution >= 0.6 is 11.3 Å². The molecule has 0 aliphatic heterocycles. The molecule has 3 rings (SSSR count). The van der Waals surface area contributed by atoms with Crippen molar-refractivity contribution >= 4 is 44.2 Å². The number of hydrogen-bond acceptors (Lipinski definition) is 6. The van der Waals surface area contributed by atoms with Crippen LogP contribution in [0.2, 0.25) is 0 Å². The van der Waals surface area contributed by atoms with E-state index in [0.29, 0.717) is 37.4 Å². The summed E-state index contributed by atoms with van der Waals surface area (Å²) in [7, 11) is -3.65. The number of aryl methyl sites for hydroxylation is 1. The van der Waals surface area contributed by atoms with Crippen LogP contribution in [0.4, 0.5) is 9.80 Å². The zero-order valence-electron chi connectivity index (χ0n) is 18.6. The van der Waals surface area contributed by atoms with Crippen molar-refractivity contribution in [1.29, 1.82) is 0 Å². The highest BCUT2D eigenvalue weighted by Crippen LogP contribution is 2.39. The van der Waals surface area contributed by atoms with Gasteiger partial charge in [0, 0.05) is 23.5 Å². The largest absolute Gasteiger partial charge is 0.351 e. The van der Waals surface area contributed by atoms with E-state index in [-0.39, 0.29) is 16.0 Å². The van der Waals surface area contributed by atoms with Gasteiger partial charge in [-0.2, -0.15) is 4.31 Å². The Balaban J connectivity index is 1.82. The smallest absolute Gasteiger partial charge is 0.319 e. The molecule has 1 heterocycles. The van der Waals surface area contributed by atoms with Gasteiger partial charge in [0.05, 0.1) is 10.5 Å². The monoisotopic (exact) mass is 492 g/mol. The Bertz CT molecular complexity index is 1150. The van der Waals surface area contributed by atoms with Crippen LogP contribution < -0.4 is 16.4 Å². The molecule has 0 atom stereocenters. The first-order valence-electron chi connectivity index (χ1n) is 10.9. The van der Waals surface area contributed by atoms with E-state index in [0.717, 1.165) is 23.3 Å². The Labute approximate surface area is 197 Å². The average Bonchev–Trinajstić information content (AvgIpc) is 3.33. The van der Waals surface area contributed by atoms with Gasteiger partial charge in [-0.25, -0.2) is 13.2 Å². The normalized spacial score (nSPS) is 13.1. The highest BCUT2D eigenvalue weighted by atomic mass is 32.2. The molecule has 0 saturated carbocycles. The number of sulfonamides is 1. The minimum atomic E-state index is -3.65. The van der Waals surface area contributed by atoms with E-state index in [1.807, 2.05) is 13.8 Å². The van der Waals surface area contributed by atoms with Crippen molar-refractivity contribution < 1.29 is 22.8 Å². The number of nitrogens with two attached hydrogens (primary N) is 1. The van der Waals surface area contributed by atoms with Gasteiger partial charge in [-0.15, -0.1) is 11.3 Å². The maximum atomic E-state index is 12.9. The van der Waals surface area contributed by atoms with Crippen LogP contribution in [0.5, 0.6) is 0 Å². The van der Waals surface area contributed by atoms with E-state index in [9.17, 15) is 22.8 Å². The van der Waals surface area contributed by atoms with Crippen molar-refractivity contribution in [1.82, 2.24) is 9.62 Å². The van der Waals surface area contributed by atoms with Gasteiger partial charge in [0.25, 0.3) is 11.8 Å². The van der Waals surface area contributed by atoms with Crippen LogP contribution in [-0.2, 0) is 22.9 Å². The number of amides is 4. The fraction of sp³-hybridized carbons (Fsp3) is 0.409. The Morgan fingerprint density at radius 1 is 1.03 bits per heavy atom. The molecule has 0 fully saturated rings. The number of carbonyl (C=O) groups is 3. The molecule has 0 bridgehead atoms. The fourth-order valence-corrected chi connectivity index (χ4v) is 6.77. The van der Waals surface area contributed by atoms with Crippen LogP contribution in [0.1, 0.15) is 64.3 Å². The third kappa shape index (κ3) is 5.43. The van der Waals surface area contributed by atoms with E-state index in [1.54, 1.807) is 0 Å². The first-order valence-corrected chi connectivity index (χ1v) is 13.1. The van der Waals surface area contributed by atoms with Crippen LogP contribution in [0.3, 0.4) is 0 Å². The van der Waals surface area contributed by atoms with E-state index >= 15 is 0 Å². The molecule has 178 valence electrons. The Morgan fingerprint density at radius 3 is 2.24 bits per heavy atom. The quantitative estimate of drug-likeness (QED) is 0.494. The lowest BCUT2D eigenvalue weighted by Gasteiger charge is -2.21. The average molecular weight is 493 g/mol. The summed E-state index contributed by atoms with van der Waals surface area (Å²) in [6.45, 7) is 4.70. The topological polar surface area (TPSA) is 139 Å². The fourth-order valence-electron chi connectivity index (χ4n) is 3.86. The molecule has 9 nitrogen and oxygen atoms in total. The van der Waals surface area contributed by atoms with Crippen molar-refractivity contribution in [3.63, 3.8) is 0 Å². The summed E-state index contributed by atoms with van der Waals surface area (Å²) < 4.78 is 27.3. The molecule has 1 aromatic carbocycles. The van der Waals surface area contributed by atoms with E-state index in [1.165, 1.54) is 39.9 Å². The van der Waals surface area contributed by atoms with Crippen molar-refractivity contribution in [2.45, 2.75) is 50.8 Å². The lowest BCUT2D eigenvalue weighted by molar-refractivity contribution is 0.0966. The number of nitrogens with zero attached hydrogens (tertiary/aromatic N) is 1. The molecular formula is C22H28N4O5S2. The number of primary amides is 1. The summed E-state index contributed by atoms with van der Waals surface area (Å²) in [5.41, 5.74) is 6.42. The summed E-state index contributed by atoms with van der Waals surface area (Å²) >= 11 is 1.30. The number of carbonyl (C=O) groups excluding carboxylic acids is 3. The second-order valence-corrected chi connectivity index (χ2v) is 10.8. The molecule has 0 spiro atoms. The van der Waals surface area contributed by atoms with E-state index < -0.39 is 27.9 Å². The number of rotatable bonds is 9. The van der Waals surface area contributed by atoms with Gasteiger partial charge in [0.15, 0.2) is 0 Å². The summed E-state index contributed by atoms with van der Waals surface area (Å²) in [6.07, 6.45) is 3.79. The van der Waals surface area contributed by atoms with Gasteiger partial charge in [0.1, 0.15) is 5.00 Å². The first-order chi connectivity index (χ1) is 15.7. The number of nitrogens with one attached hydrogen (secondary N) is 2. The molecule has 0 saturated heterocycles. The SMILES string of the molecule is CCCN(CCC)S(=O)(=O)c1ccc(C(=O)Nc2sc3c(c2C(=O)NC(N)=O)CCC3)cc1. The Morgan fingerprint density at radius 2 is 1.67 bits per heavy atom. The Kier molecular flexibility index (Phi) is 7.88. The molecule has 1 aliphatic rings. The van der Waals surface area contributed by atoms with Gasteiger partial charge >= 0.3 is 6.03 Å². The number of anilines is 1. The van der Waals surface area contributed by atoms with Gasteiger partial charge in [-0.05, 0) is 61.9 Å². The first kappa shape index (κ1) is 24.9. The van der Waals surface area contributed by atoms with Gasteiger partial charge < -0.3 is 11.1 Å². The van der Waals surface area contributed by atoms with Crippen LogP contribution in [0, 0.1) is 0 Å². The third-order valence-corrected chi connectivity index (χ3v) is 8.43. The van der Waals surface area contributed by atoms with Gasteiger partial charge in [0.2, 0.25) is 10.0 Å². The molecular weight excluding hydrogens is 464 g/mol. The van der Waals surface area contributed by atoms with Crippen LogP contribution in [0.15, 0.2) is 29.2 Å². The predicted molar refractivity (Wildman–Crippen MR) is 127 cm³/mol. The second kappa shape index (κ2) is 10.4. The van der Waals surface area contributed by atoms with Crippen molar-refractivity contribution in [2.24, 2.45) is 5.73 Å². The molecule has 0 radical (unpaired) electrons. The number of urea groups is 1. The minimum absolute atomic E-state index is 0.123. The zero-order chi connectivity index (χ0) is 24.2. The maximum absolute atomic E-state index is 12.9. The highest BCUT2D eigenvalue weighted by Gasteiger charge is 2.28. The summed E-state index contributed by atoms with van der Waals surface area (Å²) in [6, 6.07) is 4.76. The number of benzene rings is 1. The maximum Gasteiger partial charge on any atom is 0.319 e. The van der Waals surface area contributed by atoms with Gasteiger partial charge in [-0.3, -0.25) is 14.9 Å². The molecule has 2 aromatic rings. The third-order valence-electron chi connectivity index (χ3n) is 5.31. The van der Waals surface area contributed by atoms with Crippen LogP contribution in [-0.4, -0.2) is 43.7 Å². The second-order valence-electron chi connectivity index (χ2n) is 7.76. The Hall–Kier alpha value is -2.76. The number of thiophene rings is 1.